The lowest BCUT2D eigenvalue weighted by Gasteiger charge is -2.12. The van der Waals surface area contributed by atoms with Gasteiger partial charge in [0.2, 0.25) is 5.43 Å². The molecule has 0 N–H and O–H groups in total. The molecule has 0 unspecified atom stereocenters. The van der Waals surface area contributed by atoms with Crippen LogP contribution in [0.5, 0.6) is 17.2 Å². The number of aryl methyl sites for hydroxylation is 1. The summed E-state index contributed by atoms with van der Waals surface area (Å²) < 4.78 is 23.8. The first-order chi connectivity index (χ1) is 16.5. The van der Waals surface area contributed by atoms with Crippen molar-refractivity contribution in [1.82, 2.24) is 0 Å². The van der Waals surface area contributed by atoms with Crippen LogP contribution in [0.4, 0.5) is 0 Å². The summed E-state index contributed by atoms with van der Waals surface area (Å²) in [5, 5.41) is 0.421. The van der Waals surface area contributed by atoms with Gasteiger partial charge in [0.05, 0.1) is 29.7 Å². The molecule has 0 amide bonds. The Labute approximate surface area is 204 Å². The van der Waals surface area contributed by atoms with Crippen LogP contribution in [0.15, 0.2) is 74.5 Å². The molecular formula is C27H21BrO6. The van der Waals surface area contributed by atoms with Gasteiger partial charge in [-0.15, -0.1) is 0 Å². The number of rotatable bonds is 4. The Morgan fingerprint density at radius 3 is 2.53 bits per heavy atom. The molecule has 0 bridgehead atoms. The number of hydrogen-bond acceptors (Lipinski definition) is 6. The number of carbonyl (C=O) groups excluding carboxylic acids is 1. The zero-order valence-electron chi connectivity index (χ0n) is 18.4. The molecule has 172 valence electrons. The molecule has 6 nitrogen and oxygen atoms in total. The molecule has 0 spiro atoms. The van der Waals surface area contributed by atoms with E-state index in [2.05, 4.69) is 15.9 Å². The van der Waals surface area contributed by atoms with Crippen LogP contribution in [0, 0.1) is 0 Å². The van der Waals surface area contributed by atoms with Crippen molar-refractivity contribution in [2.24, 2.45) is 0 Å². The summed E-state index contributed by atoms with van der Waals surface area (Å²) in [6.45, 7) is 3.09. The van der Waals surface area contributed by atoms with E-state index in [9.17, 15) is 9.59 Å². The summed E-state index contributed by atoms with van der Waals surface area (Å²) >= 11 is 3.35. The Balaban J connectivity index is 1.52. The summed E-state index contributed by atoms with van der Waals surface area (Å²) in [7, 11) is 0. The first kappa shape index (κ1) is 22.2. The number of carbonyl (C=O) groups is 1. The topological polar surface area (TPSA) is 75.0 Å². The zero-order chi connectivity index (χ0) is 23.7. The molecule has 0 fully saturated rings. The predicted octanol–water partition coefficient (Wildman–Crippen LogP) is 6.17. The van der Waals surface area contributed by atoms with Crippen LogP contribution in [-0.2, 0) is 6.42 Å². The van der Waals surface area contributed by atoms with Crippen molar-refractivity contribution in [3.63, 3.8) is 0 Å². The van der Waals surface area contributed by atoms with E-state index in [4.69, 9.17) is 18.6 Å². The van der Waals surface area contributed by atoms with E-state index in [1.54, 1.807) is 42.5 Å². The van der Waals surface area contributed by atoms with Gasteiger partial charge in [-0.05, 0) is 60.0 Å². The van der Waals surface area contributed by atoms with Crippen LogP contribution in [0.3, 0.4) is 0 Å². The molecular weight excluding hydrogens is 500 g/mol. The molecule has 0 saturated heterocycles. The lowest BCUT2D eigenvalue weighted by Crippen LogP contribution is -2.11. The lowest BCUT2D eigenvalue weighted by atomic mass is 10.0. The third-order valence-corrected chi connectivity index (χ3v) is 6.21. The Bertz CT molecular complexity index is 1440. The van der Waals surface area contributed by atoms with Crippen molar-refractivity contribution in [1.29, 1.82) is 0 Å². The smallest absolute Gasteiger partial charge is 0.343 e. The Hall–Kier alpha value is -3.58. The molecule has 1 aliphatic heterocycles. The molecule has 3 aromatic carbocycles. The van der Waals surface area contributed by atoms with E-state index in [1.165, 1.54) is 6.26 Å². The van der Waals surface area contributed by atoms with Crippen molar-refractivity contribution >= 4 is 32.9 Å². The van der Waals surface area contributed by atoms with Crippen molar-refractivity contribution in [3.05, 3.63) is 86.7 Å². The average molecular weight is 521 g/mol. The molecule has 4 aromatic rings. The maximum atomic E-state index is 13.4. The van der Waals surface area contributed by atoms with Gasteiger partial charge in [0.25, 0.3) is 0 Å². The molecule has 34 heavy (non-hydrogen) atoms. The quantitative estimate of drug-likeness (QED) is 0.236. The largest absolute Gasteiger partial charge is 0.490 e. The molecule has 1 aromatic heterocycles. The first-order valence-corrected chi connectivity index (χ1v) is 11.8. The maximum Gasteiger partial charge on any atom is 0.343 e. The van der Waals surface area contributed by atoms with E-state index < -0.39 is 5.97 Å². The van der Waals surface area contributed by atoms with Crippen LogP contribution >= 0.6 is 15.9 Å². The highest BCUT2D eigenvalue weighted by molar-refractivity contribution is 9.10. The van der Waals surface area contributed by atoms with Gasteiger partial charge in [-0.3, -0.25) is 4.79 Å². The van der Waals surface area contributed by atoms with Gasteiger partial charge in [-0.25, -0.2) is 4.79 Å². The predicted molar refractivity (Wildman–Crippen MR) is 132 cm³/mol. The summed E-state index contributed by atoms with van der Waals surface area (Å²) in [6.07, 6.45) is 2.80. The van der Waals surface area contributed by atoms with Crippen molar-refractivity contribution in [3.8, 4) is 28.4 Å². The Morgan fingerprint density at radius 1 is 1.00 bits per heavy atom. The third kappa shape index (κ3) is 4.31. The highest BCUT2D eigenvalue weighted by atomic mass is 79.9. The van der Waals surface area contributed by atoms with E-state index >= 15 is 0 Å². The molecule has 1 aliphatic rings. The van der Waals surface area contributed by atoms with E-state index in [0.29, 0.717) is 64.5 Å². The van der Waals surface area contributed by atoms with Crippen LogP contribution in [0.1, 0.15) is 29.3 Å². The van der Waals surface area contributed by atoms with E-state index in [-0.39, 0.29) is 5.43 Å². The lowest BCUT2D eigenvalue weighted by molar-refractivity contribution is 0.0733. The standard InChI is InChI=1S/C27H21BrO6/c1-2-16-12-20-24(14-23(16)34-27(30)17-4-7-19(28)8-5-17)33-15-21(26(20)29)18-6-9-22-25(13-18)32-11-3-10-31-22/h4-9,12-15H,2-3,10-11H2,1H3. The molecule has 2 heterocycles. The normalized spacial score (nSPS) is 12.9. The van der Waals surface area contributed by atoms with Gasteiger partial charge in [0, 0.05) is 17.0 Å². The van der Waals surface area contributed by atoms with Gasteiger partial charge in [0.15, 0.2) is 11.5 Å². The minimum absolute atomic E-state index is 0.170. The molecule has 7 heteroatoms. The first-order valence-electron chi connectivity index (χ1n) is 11.0. The molecule has 0 aliphatic carbocycles. The summed E-state index contributed by atoms with van der Waals surface area (Å²) in [5.74, 6) is 1.16. The van der Waals surface area contributed by atoms with Crippen LogP contribution in [-0.4, -0.2) is 19.2 Å². The SMILES string of the molecule is CCc1cc2c(=O)c(-c3ccc4c(c3)OCCCO4)coc2cc1OC(=O)c1ccc(Br)cc1. The van der Waals surface area contributed by atoms with E-state index in [0.717, 1.165) is 16.5 Å². The highest BCUT2D eigenvalue weighted by Crippen LogP contribution is 2.34. The van der Waals surface area contributed by atoms with Gasteiger partial charge < -0.3 is 18.6 Å². The highest BCUT2D eigenvalue weighted by Gasteiger charge is 2.18. The minimum atomic E-state index is -0.479. The monoisotopic (exact) mass is 520 g/mol. The number of fused-ring (bicyclic) bond motifs is 2. The molecule has 0 radical (unpaired) electrons. The Kier molecular flexibility index (Phi) is 6.11. The number of hydrogen-bond donors (Lipinski definition) is 0. The summed E-state index contributed by atoms with van der Waals surface area (Å²) in [5.41, 5.74) is 2.45. The van der Waals surface area contributed by atoms with Gasteiger partial charge in [0.1, 0.15) is 17.6 Å². The van der Waals surface area contributed by atoms with Crippen LogP contribution in [0.2, 0.25) is 0 Å². The van der Waals surface area contributed by atoms with Crippen LogP contribution in [0.25, 0.3) is 22.1 Å². The number of ether oxygens (including phenoxy) is 3. The van der Waals surface area contributed by atoms with Gasteiger partial charge >= 0.3 is 5.97 Å². The fraction of sp³-hybridized carbons (Fsp3) is 0.185. The molecule has 0 atom stereocenters. The Morgan fingerprint density at radius 2 is 1.76 bits per heavy atom. The van der Waals surface area contributed by atoms with Gasteiger partial charge in [-0.1, -0.05) is 28.9 Å². The van der Waals surface area contributed by atoms with Crippen molar-refractivity contribution in [2.45, 2.75) is 19.8 Å². The fourth-order valence-corrected chi connectivity index (χ4v) is 4.11. The fourth-order valence-electron chi connectivity index (χ4n) is 3.85. The maximum absolute atomic E-state index is 13.4. The van der Waals surface area contributed by atoms with Crippen molar-refractivity contribution in [2.75, 3.05) is 13.2 Å². The summed E-state index contributed by atoms with van der Waals surface area (Å²) in [6, 6.07) is 15.7. The van der Waals surface area contributed by atoms with Crippen molar-refractivity contribution < 1.29 is 23.4 Å². The average Bonchev–Trinajstić information content (AvgIpc) is 3.09. The number of benzene rings is 3. The second-order valence-corrected chi connectivity index (χ2v) is 8.81. The zero-order valence-corrected chi connectivity index (χ0v) is 20.0. The number of esters is 1. The second-order valence-electron chi connectivity index (χ2n) is 7.90. The minimum Gasteiger partial charge on any atom is -0.490 e. The number of halogens is 1. The van der Waals surface area contributed by atoms with Crippen LogP contribution < -0.4 is 19.6 Å². The summed E-state index contributed by atoms with van der Waals surface area (Å²) in [4.78, 5) is 26.0. The third-order valence-electron chi connectivity index (χ3n) is 5.68. The molecule has 0 saturated carbocycles. The van der Waals surface area contributed by atoms with E-state index in [1.807, 2.05) is 19.1 Å². The van der Waals surface area contributed by atoms with Gasteiger partial charge in [-0.2, -0.15) is 0 Å². The molecule has 5 rings (SSSR count). The second kappa shape index (κ2) is 9.35.